The zero-order valence-electron chi connectivity index (χ0n) is 10.7. The number of piperidine rings is 1. The standard InChI is InChI=1S/C11H21NO5S/c1-2-17-11(14)9-18(15,16)12-7-4-3-5-10(12)6-8-13/h10,13H,2-9H2,1H3. The van der Waals surface area contributed by atoms with Gasteiger partial charge < -0.3 is 9.84 Å². The molecule has 1 aliphatic rings. The van der Waals surface area contributed by atoms with E-state index in [-0.39, 0.29) is 19.3 Å². The lowest BCUT2D eigenvalue weighted by atomic mass is 10.0. The Morgan fingerprint density at radius 3 is 2.78 bits per heavy atom. The van der Waals surface area contributed by atoms with Crippen molar-refractivity contribution < 1.29 is 23.1 Å². The van der Waals surface area contributed by atoms with Gasteiger partial charge in [0, 0.05) is 19.2 Å². The molecule has 106 valence electrons. The first-order chi connectivity index (χ1) is 8.51. The Bertz CT molecular complexity index is 366. The van der Waals surface area contributed by atoms with Crippen LogP contribution < -0.4 is 0 Å². The maximum absolute atomic E-state index is 12.1. The summed E-state index contributed by atoms with van der Waals surface area (Å²) in [4.78, 5) is 11.3. The van der Waals surface area contributed by atoms with E-state index in [1.54, 1.807) is 6.92 Å². The molecule has 1 unspecified atom stereocenters. The number of carbonyl (C=O) groups is 1. The summed E-state index contributed by atoms with van der Waals surface area (Å²) in [5.41, 5.74) is 0. The Kier molecular flexibility index (Phi) is 6.04. The van der Waals surface area contributed by atoms with Crippen LogP contribution in [0.15, 0.2) is 0 Å². The third kappa shape index (κ3) is 4.22. The van der Waals surface area contributed by atoms with E-state index in [0.717, 1.165) is 19.3 Å². The molecule has 0 aliphatic carbocycles. The predicted molar refractivity (Wildman–Crippen MR) is 66.5 cm³/mol. The first-order valence-corrected chi connectivity index (χ1v) is 7.88. The van der Waals surface area contributed by atoms with Gasteiger partial charge in [-0.25, -0.2) is 8.42 Å². The number of hydrogen-bond donors (Lipinski definition) is 1. The first kappa shape index (κ1) is 15.4. The number of esters is 1. The quantitative estimate of drug-likeness (QED) is 0.698. The molecule has 0 radical (unpaired) electrons. The van der Waals surface area contributed by atoms with Crippen LogP contribution in [0.2, 0.25) is 0 Å². The van der Waals surface area contributed by atoms with Gasteiger partial charge in [0.25, 0.3) is 0 Å². The molecule has 1 rings (SSSR count). The van der Waals surface area contributed by atoms with Crippen molar-refractivity contribution in [3.63, 3.8) is 0 Å². The molecule has 1 atom stereocenters. The number of aliphatic hydroxyl groups is 1. The third-order valence-electron chi connectivity index (χ3n) is 3.00. The highest BCUT2D eigenvalue weighted by molar-refractivity contribution is 7.89. The van der Waals surface area contributed by atoms with Crippen molar-refractivity contribution in [3.8, 4) is 0 Å². The van der Waals surface area contributed by atoms with Crippen molar-refractivity contribution in [2.24, 2.45) is 0 Å². The van der Waals surface area contributed by atoms with Crippen LogP contribution in [0, 0.1) is 0 Å². The normalized spacial score (nSPS) is 21.8. The van der Waals surface area contributed by atoms with Gasteiger partial charge in [-0.1, -0.05) is 6.42 Å². The zero-order chi connectivity index (χ0) is 13.6. The van der Waals surface area contributed by atoms with Gasteiger partial charge in [-0.3, -0.25) is 4.79 Å². The molecule has 1 aliphatic heterocycles. The monoisotopic (exact) mass is 279 g/mol. The molecule has 1 N–H and O–H groups in total. The molecule has 0 bridgehead atoms. The summed E-state index contributed by atoms with van der Waals surface area (Å²) in [5, 5.41) is 8.96. The van der Waals surface area contributed by atoms with Gasteiger partial charge in [0.2, 0.25) is 10.0 Å². The molecule has 0 aromatic rings. The van der Waals surface area contributed by atoms with Crippen LogP contribution in [0.1, 0.15) is 32.6 Å². The molecular formula is C11H21NO5S. The Balaban J connectivity index is 2.71. The zero-order valence-corrected chi connectivity index (χ0v) is 11.5. The largest absolute Gasteiger partial charge is 0.465 e. The van der Waals surface area contributed by atoms with Crippen molar-refractivity contribution >= 4 is 16.0 Å². The van der Waals surface area contributed by atoms with E-state index < -0.39 is 21.7 Å². The number of aliphatic hydroxyl groups excluding tert-OH is 1. The summed E-state index contributed by atoms with van der Waals surface area (Å²) in [6.45, 7) is 2.19. The Labute approximate surface area is 108 Å². The lowest BCUT2D eigenvalue weighted by molar-refractivity contribution is -0.140. The van der Waals surface area contributed by atoms with E-state index in [2.05, 4.69) is 4.74 Å². The molecule has 7 heteroatoms. The molecule has 0 saturated carbocycles. The van der Waals surface area contributed by atoms with Gasteiger partial charge >= 0.3 is 5.97 Å². The molecule has 1 heterocycles. The first-order valence-electron chi connectivity index (χ1n) is 6.27. The van der Waals surface area contributed by atoms with Gasteiger partial charge in [-0.2, -0.15) is 4.31 Å². The third-order valence-corrected chi connectivity index (χ3v) is 4.79. The summed E-state index contributed by atoms with van der Waals surface area (Å²) in [6, 6.07) is -0.192. The highest BCUT2D eigenvalue weighted by Gasteiger charge is 2.33. The minimum atomic E-state index is -3.63. The molecule has 18 heavy (non-hydrogen) atoms. The summed E-state index contributed by atoms with van der Waals surface area (Å²) < 4.78 is 30.2. The van der Waals surface area contributed by atoms with Crippen molar-refractivity contribution in [1.29, 1.82) is 0 Å². The average molecular weight is 279 g/mol. The molecule has 0 spiro atoms. The number of sulfonamides is 1. The maximum Gasteiger partial charge on any atom is 0.322 e. The van der Waals surface area contributed by atoms with E-state index in [4.69, 9.17) is 5.11 Å². The Morgan fingerprint density at radius 2 is 2.17 bits per heavy atom. The van der Waals surface area contributed by atoms with Crippen molar-refractivity contribution in [3.05, 3.63) is 0 Å². The predicted octanol–water partition coefficient (Wildman–Crippen LogP) is 0.116. The molecular weight excluding hydrogens is 258 g/mol. The van der Waals surface area contributed by atoms with E-state index in [9.17, 15) is 13.2 Å². The van der Waals surface area contributed by atoms with Crippen LogP contribution in [-0.2, 0) is 19.6 Å². The van der Waals surface area contributed by atoms with Crippen molar-refractivity contribution in [2.75, 3.05) is 25.5 Å². The second-order valence-corrected chi connectivity index (χ2v) is 6.26. The number of nitrogens with zero attached hydrogens (tertiary/aromatic N) is 1. The molecule has 1 fully saturated rings. The van der Waals surface area contributed by atoms with E-state index in [1.807, 2.05) is 0 Å². The fourth-order valence-electron chi connectivity index (χ4n) is 2.21. The highest BCUT2D eigenvalue weighted by Crippen LogP contribution is 2.23. The highest BCUT2D eigenvalue weighted by atomic mass is 32.2. The van der Waals surface area contributed by atoms with Gasteiger partial charge in [0.15, 0.2) is 5.75 Å². The van der Waals surface area contributed by atoms with E-state index >= 15 is 0 Å². The number of ether oxygens (including phenoxy) is 1. The topological polar surface area (TPSA) is 83.9 Å². The van der Waals surface area contributed by atoms with Crippen molar-refractivity contribution in [2.45, 2.75) is 38.6 Å². The van der Waals surface area contributed by atoms with Gasteiger partial charge in [0.05, 0.1) is 6.61 Å². The minimum absolute atomic E-state index is 0.0455. The summed E-state index contributed by atoms with van der Waals surface area (Å²) >= 11 is 0. The molecule has 1 saturated heterocycles. The lowest BCUT2D eigenvalue weighted by Gasteiger charge is -2.34. The maximum atomic E-state index is 12.1. The smallest absolute Gasteiger partial charge is 0.322 e. The fourth-order valence-corrected chi connectivity index (χ4v) is 3.83. The van der Waals surface area contributed by atoms with Crippen LogP contribution in [0.5, 0.6) is 0 Å². The van der Waals surface area contributed by atoms with Gasteiger partial charge in [0.1, 0.15) is 0 Å². The van der Waals surface area contributed by atoms with Gasteiger partial charge in [-0.05, 0) is 26.2 Å². The fraction of sp³-hybridized carbons (Fsp3) is 0.909. The van der Waals surface area contributed by atoms with E-state index in [0.29, 0.717) is 13.0 Å². The van der Waals surface area contributed by atoms with Crippen LogP contribution in [-0.4, -0.2) is 55.4 Å². The Hall–Kier alpha value is -0.660. The average Bonchev–Trinajstić information content (AvgIpc) is 2.29. The second kappa shape index (κ2) is 7.06. The lowest BCUT2D eigenvalue weighted by Crippen LogP contribution is -2.46. The van der Waals surface area contributed by atoms with Crippen molar-refractivity contribution in [1.82, 2.24) is 4.31 Å². The van der Waals surface area contributed by atoms with E-state index in [1.165, 1.54) is 4.31 Å². The second-order valence-electron chi connectivity index (χ2n) is 4.33. The minimum Gasteiger partial charge on any atom is -0.465 e. The SMILES string of the molecule is CCOC(=O)CS(=O)(=O)N1CCCCC1CCO. The van der Waals surface area contributed by atoms with Crippen LogP contribution in [0.25, 0.3) is 0 Å². The summed E-state index contributed by atoms with van der Waals surface area (Å²) in [7, 11) is -3.63. The van der Waals surface area contributed by atoms with Crippen LogP contribution >= 0.6 is 0 Å². The molecule has 0 aromatic heterocycles. The van der Waals surface area contributed by atoms with Gasteiger partial charge in [-0.15, -0.1) is 0 Å². The molecule has 6 nitrogen and oxygen atoms in total. The summed E-state index contributed by atoms with van der Waals surface area (Å²) in [6.07, 6.45) is 2.91. The van der Waals surface area contributed by atoms with Crippen LogP contribution in [0.4, 0.5) is 0 Å². The molecule has 0 amide bonds. The number of carbonyl (C=O) groups excluding carboxylic acids is 1. The molecule has 0 aromatic carbocycles. The van der Waals surface area contributed by atoms with Crippen LogP contribution in [0.3, 0.4) is 0 Å². The number of hydrogen-bond acceptors (Lipinski definition) is 5. The Morgan fingerprint density at radius 1 is 1.44 bits per heavy atom. The number of rotatable bonds is 6. The summed E-state index contributed by atoms with van der Waals surface area (Å²) in [5.74, 6) is -1.33.